The maximum absolute atomic E-state index is 5.89. The molecule has 2 nitrogen and oxygen atoms in total. The highest BCUT2D eigenvalue weighted by atomic mass is 16.5. The lowest BCUT2D eigenvalue weighted by Gasteiger charge is -2.27. The van der Waals surface area contributed by atoms with Gasteiger partial charge < -0.3 is 10.1 Å². The summed E-state index contributed by atoms with van der Waals surface area (Å²) < 4.78 is 5.89. The van der Waals surface area contributed by atoms with Gasteiger partial charge in [-0.25, -0.2) is 0 Å². The summed E-state index contributed by atoms with van der Waals surface area (Å²) in [6, 6.07) is 10.4. The standard InChI is InChI=1S/C16H23NO/c1-14(16-9-11-17-12-10-16)18-13-5-8-15-6-3-2-4-7-15/h2-8,14,16-17H,9-13H2,1H3/b8-5+. The van der Waals surface area contributed by atoms with Crippen LogP contribution in [-0.2, 0) is 4.74 Å². The molecule has 1 aliphatic heterocycles. The normalized spacial score (nSPS) is 19.2. The van der Waals surface area contributed by atoms with E-state index in [-0.39, 0.29) is 0 Å². The lowest BCUT2D eigenvalue weighted by molar-refractivity contribution is 0.0318. The summed E-state index contributed by atoms with van der Waals surface area (Å²) in [6.07, 6.45) is 7.07. The molecule has 0 bridgehead atoms. The van der Waals surface area contributed by atoms with Crippen molar-refractivity contribution in [2.24, 2.45) is 5.92 Å². The second kappa shape index (κ2) is 7.34. The molecule has 1 N–H and O–H groups in total. The molecular weight excluding hydrogens is 222 g/mol. The van der Waals surface area contributed by atoms with Gasteiger partial charge in [-0.05, 0) is 44.3 Å². The molecule has 1 unspecified atom stereocenters. The fraction of sp³-hybridized carbons (Fsp3) is 0.500. The zero-order chi connectivity index (χ0) is 12.6. The van der Waals surface area contributed by atoms with Crippen molar-refractivity contribution in [1.29, 1.82) is 0 Å². The Balaban J connectivity index is 1.69. The Bertz CT molecular complexity index is 355. The number of nitrogens with one attached hydrogen (secondary N) is 1. The van der Waals surface area contributed by atoms with Crippen LogP contribution < -0.4 is 5.32 Å². The molecule has 0 spiro atoms. The van der Waals surface area contributed by atoms with Gasteiger partial charge in [0.1, 0.15) is 0 Å². The summed E-state index contributed by atoms with van der Waals surface area (Å²) in [5.74, 6) is 0.719. The molecule has 1 aromatic carbocycles. The third-order valence-electron chi connectivity index (χ3n) is 3.61. The fourth-order valence-electron chi connectivity index (χ4n) is 2.41. The molecule has 1 atom stereocenters. The van der Waals surface area contributed by atoms with Crippen LogP contribution in [0.4, 0.5) is 0 Å². The van der Waals surface area contributed by atoms with E-state index in [2.05, 4.69) is 48.7 Å². The Hall–Kier alpha value is -1.12. The fourth-order valence-corrected chi connectivity index (χ4v) is 2.41. The number of ether oxygens (including phenoxy) is 1. The number of piperidine rings is 1. The van der Waals surface area contributed by atoms with Crippen molar-refractivity contribution in [3.63, 3.8) is 0 Å². The average molecular weight is 245 g/mol. The summed E-state index contributed by atoms with van der Waals surface area (Å²) >= 11 is 0. The molecule has 1 saturated heterocycles. The van der Waals surface area contributed by atoms with Gasteiger partial charge >= 0.3 is 0 Å². The largest absolute Gasteiger partial charge is 0.374 e. The summed E-state index contributed by atoms with van der Waals surface area (Å²) in [7, 11) is 0. The van der Waals surface area contributed by atoms with Gasteiger partial charge in [0.2, 0.25) is 0 Å². The first-order valence-electron chi connectivity index (χ1n) is 6.90. The molecule has 0 aliphatic carbocycles. The van der Waals surface area contributed by atoms with Crippen LogP contribution >= 0.6 is 0 Å². The lowest BCUT2D eigenvalue weighted by Crippen LogP contribution is -2.34. The zero-order valence-corrected chi connectivity index (χ0v) is 11.1. The molecule has 2 rings (SSSR count). The summed E-state index contributed by atoms with van der Waals surface area (Å²) in [4.78, 5) is 0. The predicted octanol–water partition coefficient (Wildman–Crippen LogP) is 3.10. The molecule has 0 amide bonds. The molecule has 1 fully saturated rings. The van der Waals surface area contributed by atoms with Crippen molar-refractivity contribution >= 4 is 6.08 Å². The SMILES string of the molecule is CC(OC/C=C/c1ccccc1)C1CCNCC1. The second-order valence-corrected chi connectivity index (χ2v) is 4.94. The Morgan fingerprint density at radius 3 is 2.72 bits per heavy atom. The van der Waals surface area contributed by atoms with Crippen LogP contribution in [0, 0.1) is 5.92 Å². The molecule has 2 heteroatoms. The summed E-state index contributed by atoms with van der Waals surface area (Å²) in [6.45, 7) is 5.18. The van der Waals surface area contributed by atoms with E-state index in [1.807, 2.05) is 6.07 Å². The first kappa shape index (κ1) is 13.3. The predicted molar refractivity (Wildman–Crippen MR) is 76.5 cm³/mol. The first-order chi connectivity index (χ1) is 8.86. The van der Waals surface area contributed by atoms with Crippen molar-refractivity contribution in [3.05, 3.63) is 42.0 Å². The van der Waals surface area contributed by atoms with Gasteiger partial charge in [0, 0.05) is 0 Å². The maximum atomic E-state index is 5.89. The second-order valence-electron chi connectivity index (χ2n) is 4.94. The van der Waals surface area contributed by atoms with Crippen LogP contribution in [0.1, 0.15) is 25.3 Å². The molecule has 1 aliphatic rings. The summed E-state index contributed by atoms with van der Waals surface area (Å²) in [5, 5.41) is 3.39. The molecule has 18 heavy (non-hydrogen) atoms. The van der Waals surface area contributed by atoms with Gasteiger partial charge in [-0.3, -0.25) is 0 Å². The van der Waals surface area contributed by atoms with Crippen molar-refractivity contribution in [1.82, 2.24) is 5.32 Å². The third kappa shape index (κ3) is 4.28. The molecule has 0 saturated carbocycles. The summed E-state index contributed by atoms with van der Waals surface area (Å²) in [5.41, 5.74) is 1.23. The molecule has 1 heterocycles. The van der Waals surface area contributed by atoms with Crippen molar-refractivity contribution in [2.75, 3.05) is 19.7 Å². The van der Waals surface area contributed by atoms with E-state index < -0.39 is 0 Å². The Kier molecular flexibility index (Phi) is 5.43. The zero-order valence-electron chi connectivity index (χ0n) is 11.1. The van der Waals surface area contributed by atoms with E-state index >= 15 is 0 Å². The van der Waals surface area contributed by atoms with E-state index in [0.717, 1.165) is 19.0 Å². The minimum atomic E-state index is 0.368. The van der Waals surface area contributed by atoms with Crippen LogP contribution in [0.2, 0.25) is 0 Å². The topological polar surface area (TPSA) is 21.3 Å². The first-order valence-corrected chi connectivity index (χ1v) is 6.90. The number of hydrogen-bond donors (Lipinski definition) is 1. The Morgan fingerprint density at radius 2 is 2.00 bits per heavy atom. The van der Waals surface area contributed by atoms with Gasteiger partial charge in [0.15, 0.2) is 0 Å². The molecule has 0 aromatic heterocycles. The average Bonchev–Trinajstić information content (AvgIpc) is 2.45. The molecular formula is C16H23NO. The van der Waals surface area contributed by atoms with Crippen LogP contribution in [-0.4, -0.2) is 25.8 Å². The number of rotatable bonds is 5. The van der Waals surface area contributed by atoms with Gasteiger partial charge in [-0.1, -0.05) is 42.5 Å². The quantitative estimate of drug-likeness (QED) is 0.860. The molecule has 98 valence electrons. The number of hydrogen-bond acceptors (Lipinski definition) is 2. The van der Waals surface area contributed by atoms with E-state index in [0.29, 0.717) is 12.7 Å². The van der Waals surface area contributed by atoms with Crippen LogP contribution in [0.5, 0.6) is 0 Å². The highest BCUT2D eigenvalue weighted by Gasteiger charge is 2.19. The Labute approximate surface area is 110 Å². The van der Waals surface area contributed by atoms with E-state index in [4.69, 9.17) is 4.74 Å². The van der Waals surface area contributed by atoms with Gasteiger partial charge in [0.25, 0.3) is 0 Å². The van der Waals surface area contributed by atoms with Gasteiger partial charge in [-0.15, -0.1) is 0 Å². The lowest BCUT2D eigenvalue weighted by atomic mass is 9.93. The van der Waals surface area contributed by atoms with E-state index in [1.165, 1.54) is 18.4 Å². The highest BCUT2D eigenvalue weighted by molar-refractivity contribution is 5.48. The smallest absolute Gasteiger partial charge is 0.0654 e. The monoisotopic (exact) mass is 245 g/mol. The van der Waals surface area contributed by atoms with Crippen molar-refractivity contribution in [3.8, 4) is 0 Å². The minimum absolute atomic E-state index is 0.368. The highest BCUT2D eigenvalue weighted by Crippen LogP contribution is 2.18. The van der Waals surface area contributed by atoms with Crippen LogP contribution in [0.3, 0.4) is 0 Å². The van der Waals surface area contributed by atoms with E-state index in [1.54, 1.807) is 0 Å². The van der Waals surface area contributed by atoms with Gasteiger partial charge in [0.05, 0.1) is 12.7 Å². The van der Waals surface area contributed by atoms with Crippen LogP contribution in [0.25, 0.3) is 6.08 Å². The molecule has 1 aromatic rings. The van der Waals surface area contributed by atoms with Crippen molar-refractivity contribution < 1.29 is 4.74 Å². The Morgan fingerprint density at radius 1 is 1.28 bits per heavy atom. The number of benzene rings is 1. The van der Waals surface area contributed by atoms with Crippen molar-refractivity contribution in [2.45, 2.75) is 25.9 Å². The third-order valence-corrected chi connectivity index (χ3v) is 3.61. The minimum Gasteiger partial charge on any atom is -0.374 e. The maximum Gasteiger partial charge on any atom is 0.0654 e. The van der Waals surface area contributed by atoms with Crippen LogP contribution in [0.15, 0.2) is 36.4 Å². The molecule has 0 radical (unpaired) electrons. The van der Waals surface area contributed by atoms with Gasteiger partial charge in [-0.2, -0.15) is 0 Å². The van der Waals surface area contributed by atoms with E-state index in [9.17, 15) is 0 Å².